The van der Waals surface area contributed by atoms with Crippen LogP contribution in [0.25, 0.3) is 5.69 Å². The summed E-state index contributed by atoms with van der Waals surface area (Å²) in [5, 5.41) is 19.6. The van der Waals surface area contributed by atoms with Gasteiger partial charge in [-0.15, -0.1) is 10.2 Å². The number of fused-ring (bicyclic) bond motifs is 1. The number of aryl methyl sites for hydroxylation is 2. The van der Waals surface area contributed by atoms with Crippen molar-refractivity contribution >= 4 is 23.2 Å². The fourth-order valence-electron chi connectivity index (χ4n) is 4.81. The van der Waals surface area contributed by atoms with E-state index in [9.17, 15) is 5.11 Å². The number of hydrogen-bond donors (Lipinski definition) is 1. The molecule has 3 aromatic rings. The van der Waals surface area contributed by atoms with E-state index in [-0.39, 0.29) is 18.2 Å². The van der Waals surface area contributed by atoms with E-state index in [0.29, 0.717) is 16.6 Å². The van der Waals surface area contributed by atoms with Crippen LogP contribution in [0.5, 0.6) is 5.75 Å². The number of ether oxygens (including phenoxy) is 1. The Bertz CT molecular complexity index is 1100. The molecule has 1 fully saturated rings. The number of aliphatic hydroxyl groups excluding tert-OH is 1. The van der Waals surface area contributed by atoms with E-state index in [2.05, 4.69) is 15.1 Å². The molecule has 1 N–H and O–H groups in total. The molecule has 2 aromatic carbocycles. The SMILES string of the molecule is Cc1nnc(C)n1-c1ccc(O[C@@H]2c3cc(Cl)cc(Cl)c3C[C@@H]2N2CC[C@H](O)C2)cc1. The van der Waals surface area contributed by atoms with Crippen molar-refractivity contribution in [2.45, 2.75) is 44.9 Å². The molecule has 1 aliphatic heterocycles. The fraction of sp³-hybridized carbons (Fsp3) is 0.391. The van der Waals surface area contributed by atoms with Gasteiger partial charge in [-0.25, -0.2) is 0 Å². The zero-order valence-corrected chi connectivity index (χ0v) is 18.9. The Hall–Kier alpha value is -2.12. The van der Waals surface area contributed by atoms with E-state index < -0.39 is 0 Å². The summed E-state index contributed by atoms with van der Waals surface area (Å²) in [6, 6.07) is 11.8. The minimum absolute atomic E-state index is 0.102. The summed E-state index contributed by atoms with van der Waals surface area (Å²) in [6.07, 6.45) is 1.05. The summed E-state index contributed by atoms with van der Waals surface area (Å²) >= 11 is 12.9. The van der Waals surface area contributed by atoms with Gasteiger partial charge in [0.25, 0.3) is 0 Å². The smallest absolute Gasteiger partial charge is 0.140 e. The van der Waals surface area contributed by atoms with Crippen LogP contribution < -0.4 is 4.74 Å². The van der Waals surface area contributed by atoms with Gasteiger partial charge in [0, 0.05) is 34.4 Å². The first-order valence-corrected chi connectivity index (χ1v) is 11.2. The normalized spacial score (nSPS) is 23.3. The molecule has 1 saturated heterocycles. The molecule has 1 aromatic heterocycles. The van der Waals surface area contributed by atoms with Crippen molar-refractivity contribution in [3.8, 4) is 11.4 Å². The third-order valence-electron chi connectivity index (χ3n) is 6.27. The first kappa shape index (κ1) is 20.8. The number of aliphatic hydroxyl groups is 1. The van der Waals surface area contributed by atoms with Gasteiger partial charge >= 0.3 is 0 Å². The largest absolute Gasteiger partial charge is 0.484 e. The highest BCUT2D eigenvalue weighted by Crippen LogP contribution is 2.43. The zero-order valence-electron chi connectivity index (χ0n) is 17.4. The highest BCUT2D eigenvalue weighted by atomic mass is 35.5. The number of likely N-dealkylation sites (tertiary alicyclic amines) is 1. The molecule has 0 saturated carbocycles. The number of halogens is 2. The number of hydrogen-bond acceptors (Lipinski definition) is 5. The second-order valence-electron chi connectivity index (χ2n) is 8.33. The number of nitrogens with zero attached hydrogens (tertiary/aromatic N) is 4. The third-order valence-corrected chi connectivity index (χ3v) is 6.83. The third kappa shape index (κ3) is 3.82. The molecule has 0 amide bonds. The average molecular weight is 459 g/mol. The molecule has 162 valence electrons. The molecule has 0 radical (unpaired) electrons. The molecule has 1 aliphatic carbocycles. The second kappa shape index (κ2) is 8.10. The number of rotatable bonds is 4. The molecule has 0 bridgehead atoms. The van der Waals surface area contributed by atoms with Gasteiger partial charge in [0.05, 0.1) is 12.1 Å². The van der Waals surface area contributed by atoms with Gasteiger partial charge in [-0.05, 0) is 68.7 Å². The molecule has 3 atom stereocenters. The van der Waals surface area contributed by atoms with E-state index in [1.807, 2.05) is 48.7 Å². The first-order valence-electron chi connectivity index (χ1n) is 10.5. The summed E-state index contributed by atoms with van der Waals surface area (Å²) in [5.74, 6) is 2.45. The lowest BCUT2D eigenvalue weighted by Gasteiger charge is -2.30. The van der Waals surface area contributed by atoms with Crippen LogP contribution in [0.15, 0.2) is 36.4 Å². The van der Waals surface area contributed by atoms with Crippen LogP contribution in [0, 0.1) is 13.8 Å². The topological polar surface area (TPSA) is 63.4 Å². The Morgan fingerprint density at radius 1 is 1.06 bits per heavy atom. The van der Waals surface area contributed by atoms with Gasteiger partial charge in [0.15, 0.2) is 0 Å². The van der Waals surface area contributed by atoms with Crippen molar-refractivity contribution in [1.29, 1.82) is 0 Å². The lowest BCUT2D eigenvalue weighted by atomic mass is 10.1. The maximum absolute atomic E-state index is 10.1. The molecule has 31 heavy (non-hydrogen) atoms. The van der Waals surface area contributed by atoms with Crippen LogP contribution >= 0.6 is 23.2 Å². The number of benzene rings is 2. The van der Waals surface area contributed by atoms with Gasteiger partial charge in [0.2, 0.25) is 0 Å². The molecule has 0 spiro atoms. The van der Waals surface area contributed by atoms with E-state index in [1.165, 1.54) is 0 Å². The van der Waals surface area contributed by atoms with Gasteiger partial charge in [-0.1, -0.05) is 23.2 Å². The number of aromatic nitrogens is 3. The second-order valence-corrected chi connectivity index (χ2v) is 9.17. The van der Waals surface area contributed by atoms with E-state index >= 15 is 0 Å². The Labute approximate surface area is 191 Å². The highest BCUT2D eigenvalue weighted by molar-refractivity contribution is 6.35. The van der Waals surface area contributed by atoms with Crippen LogP contribution in [0.4, 0.5) is 0 Å². The minimum Gasteiger partial charge on any atom is -0.484 e. The van der Waals surface area contributed by atoms with Gasteiger partial charge in [-0.2, -0.15) is 0 Å². The standard InChI is InChI=1S/C23H24Cl2N4O2/c1-13-26-27-14(2)29(13)16-3-5-18(6-4-16)31-23-20-9-15(24)10-21(25)19(20)11-22(23)28-8-7-17(30)12-28/h3-6,9-10,17,22-23,30H,7-8,11-12H2,1-2H3/t17-,22-,23+/m0/s1. The molecule has 2 aliphatic rings. The first-order chi connectivity index (χ1) is 14.9. The van der Waals surface area contributed by atoms with Crippen molar-refractivity contribution in [3.05, 3.63) is 69.2 Å². The van der Waals surface area contributed by atoms with E-state index in [0.717, 1.165) is 53.6 Å². The van der Waals surface area contributed by atoms with Crippen LogP contribution in [-0.4, -0.2) is 50.0 Å². The average Bonchev–Trinajstić information content (AvgIpc) is 3.41. The summed E-state index contributed by atoms with van der Waals surface area (Å²) in [6.45, 7) is 5.36. The summed E-state index contributed by atoms with van der Waals surface area (Å²) in [5.41, 5.74) is 3.10. The van der Waals surface area contributed by atoms with Crippen molar-refractivity contribution < 1.29 is 9.84 Å². The zero-order chi connectivity index (χ0) is 21.7. The highest BCUT2D eigenvalue weighted by Gasteiger charge is 2.41. The van der Waals surface area contributed by atoms with Crippen molar-refractivity contribution in [2.24, 2.45) is 0 Å². The van der Waals surface area contributed by atoms with Crippen molar-refractivity contribution in [2.75, 3.05) is 13.1 Å². The molecule has 6 nitrogen and oxygen atoms in total. The molecular weight excluding hydrogens is 435 g/mol. The van der Waals surface area contributed by atoms with E-state index in [4.69, 9.17) is 27.9 Å². The molecule has 8 heteroatoms. The summed E-state index contributed by atoms with van der Waals surface area (Å²) in [7, 11) is 0. The van der Waals surface area contributed by atoms with Crippen LogP contribution in [0.3, 0.4) is 0 Å². The Balaban J connectivity index is 1.46. The molecular formula is C23H24Cl2N4O2. The van der Waals surface area contributed by atoms with Gasteiger partial charge in [-0.3, -0.25) is 9.47 Å². The quantitative estimate of drug-likeness (QED) is 0.631. The van der Waals surface area contributed by atoms with Crippen LogP contribution in [0.1, 0.15) is 35.3 Å². The van der Waals surface area contributed by atoms with Crippen molar-refractivity contribution in [3.63, 3.8) is 0 Å². The molecule has 0 unspecified atom stereocenters. The Morgan fingerprint density at radius 3 is 2.42 bits per heavy atom. The van der Waals surface area contributed by atoms with Gasteiger partial charge in [0.1, 0.15) is 23.5 Å². The predicted molar refractivity (Wildman–Crippen MR) is 120 cm³/mol. The lowest BCUT2D eigenvalue weighted by molar-refractivity contribution is 0.0818. The maximum atomic E-state index is 10.1. The number of β-amino-alcohol motifs (C(OH)–C–C–N with tert-alkyl or cyclic N) is 1. The predicted octanol–water partition coefficient (Wildman–Crippen LogP) is 4.30. The maximum Gasteiger partial charge on any atom is 0.140 e. The van der Waals surface area contributed by atoms with Crippen molar-refractivity contribution in [1.82, 2.24) is 19.7 Å². The molecule has 5 rings (SSSR count). The van der Waals surface area contributed by atoms with Gasteiger partial charge < -0.3 is 9.84 Å². The summed E-state index contributed by atoms with van der Waals surface area (Å²) < 4.78 is 8.53. The monoisotopic (exact) mass is 458 g/mol. The molecule has 2 heterocycles. The van der Waals surface area contributed by atoms with Crippen LogP contribution in [0.2, 0.25) is 10.0 Å². The lowest BCUT2D eigenvalue weighted by Crippen LogP contribution is -2.39. The Kier molecular flexibility index (Phi) is 5.42. The summed E-state index contributed by atoms with van der Waals surface area (Å²) in [4.78, 5) is 2.30. The van der Waals surface area contributed by atoms with Crippen LogP contribution in [-0.2, 0) is 6.42 Å². The van der Waals surface area contributed by atoms with E-state index in [1.54, 1.807) is 6.07 Å². The Morgan fingerprint density at radius 2 is 1.77 bits per heavy atom. The fourth-order valence-corrected chi connectivity index (χ4v) is 5.40. The minimum atomic E-state index is -0.294.